The minimum atomic E-state index is -0.141. The van der Waals surface area contributed by atoms with Crippen molar-refractivity contribution in [2.45, 2.75) is 19.3 Å². The summed E-state index contributed by atoms with van der Waals surface area (Å²) in [6.07, 6.45) is 0. The molecule has 1 aliphatic carbocycles. The van der Waals surface area contributed by atoms with Crippen molar-refractivity contribution in [1.29, 1.82) is 0 Å². The van der Waals surface area contributed by atoms with Gasteiger partial charge in [-0.25, -0.2) is 9.97 Å². The fourth-order valence-corrected chi connectivity index (χ4v) is 9.36. The Morgan fingerprint density at radius 1 is 0.322 bits per heavy atom. The van der Waals surface area contributed by atoms with Gasteiger partial charge < -0.3 is 0 Å². The molecule has 9 aromatic carbocycles. The van der Waals surface area contributed by atoms with E-state index in [9.17, 15) is 0 Å². The molecule has 1 heterocycles. The molecule has 0 radical (unpaired) electrons. The molecular formula is C57H40N2. The van der Waals surface area contributed by atoms with Crippen molar-refractivity contribution < 1.29 is 0 Å². The molecule has 0 atom stereocenters. The number of hydrogen-bond acceptors (Lipinski definition) is 2. The van der Waals surface area contributed by atoms with Gasteiger partial charge in [-0.2, -0.15) is 0 Å². The van der Waals surface area contributed by atoms with Crippen molar-refractivity contribution in [1.82, 2.24) is 9.97 Å². The minimum Gasteiger partial charge on any atom is -0.228 e. The van der Waals surface area contributed by atoms with Gasteiger partial charge in [0, 0.05) is 22.1 Å². The Labute approximate surface area is 345 Å². The summed E-state index contributed by atoms with van der Waals surface area (Å²) in [4.78, 5) is 10.7. The van der Waals surface area contributed by atoms with Gasteiger partial charge in [0.05, 0.1) is 11.4 Å². The Morgan fingerprint density at radius 3 is 1.47 bits per heavy atom. The maximum absolute atomic E-state index is 5.42. The molecule has 2 heteroatoms. The van der Waals surface area contributed by atoms with Crippen molar-refractivity contribution >= 4 is 21.5 Å². The number of fused-ring (bicyclic) bond motifs is 6. The van der Waals surface area contributed by atoms with Gasteiger partial charge in [-0.15, -0.1) is 0 Å². The lowest BCUT2D eigenvalue weighted by atomic mass is 9.79. The maximum Gasteiger partial charge on any atom is 0.161 e. The van der Waals surface area contributed by atoms with E-state index in [0.717, 1.165) is 55.7 Å². The second-order valence-corrected chi connectivity index (χ2v) is 16.2. The van der Waals surface area contributed by atoms with Gasteiger partial charge in [-0.05, 0) is 114 Å². The number of nitrogens with zero attached hydrogens (tertiary/aromatic N) is 2. The number of aromatic nitrogens is 2. The fraction of sp³-hybridized carbons (Fsp3) is 0.0526. The molecule has 10 aromatic rings. The van der Waals surface area contributed by atoms with Crippen molar-refractivity contribution in [2.75, 3.05) is 0 Å². The third-order valence-corrected chi connectivity index (χ3v) is 12.3. The monoisotopic (exact) mass is 752 g/mol. The van der Waals surface area contributed by atoms with Crippen molar-refractivity contribution in [3.8, 4) is 78.4 Å². The van der Waals surface area contributed by atoms with Crippen molar-refractivity contribution in [3.05, 3.63) is 217 Å². The lowest BCUT2D eigenvalue weighted by Gasteiger charge is -2.24. The summed E-state index contributed by atoms with van der Waals surface area (Å²) in [7, 11) is 0. The zero-order valence-corrected chi connectivity index (χ0v) is 33.0. The van der Waals surface area contributed by atoms with Gasteiger partial charge in [0.2, 0.25) is 0 Å². The van der Waals surface area contributed by atoms with Gasteiger partial charge in [-0.1, -0.05) is 184 Å². The van der Waals surface area contributed by atoms with Crippen LogP contribution in [-0.4, -0.2) is 9.97 Å². The van der Waals surface area contributed by atoms with Gasteiger partial charge >= 0.3 is 0 Å². The third kappa shape index (κ3) is 5.96. The SMILES string of the molecule is CC1(C)c2cc(-c3ccc(-c4nc(-c5ccccc5)cc(-c5cc(-c6ccccc6)cc(-c6ccccc6)c5)n4)c4ccccc34)ccc2-c2ccc3ccccc3c21. The molecule has 0 saturated carbocycles. The van der Waals surface area contributed by atoms with Gasteiger partial charge in [0.25, 0.3) is 0 Å². The Balaban J connectivity index is 1.08. The van der Waals surface area contributed by atoms with Crippen LogP contribution in [0.1, 0.15) is 25.0 Å². The van der Waals surface area contributed by atoms with E-state index in [1.54, 1.807) is 0 Å². The van der Waals surface area contributed by atoms with E-state index in [2.05, 4.69) is 220 Å². The van der Waals surface area contributed by atoms with Gasteiger partial charge in [0.15, 0.2) is 5.82 Å². The Bertz CT molecular complexity index is 3160. The molecule has 0 amide bonds. The zero-order chi connectivity index (χ0) is 39.5. The summed E-state index contributed by atoms with van der Waals surface area (Å²) < 4.78 is 0. The summed E-state index contributed by atoms with van der Waals surface area (Å²) in [5.41, 5.74) is 17.2. The molecule has 0 spiro atoms. The predicted octanol–water partition coefficient (Wildman–Crippen LogP) is 15.1. The highest BCUT2D eigenvalue weighted by Crippen LogP contribution is 2.52. The van der Waals surface area contributed by atoms with Crippen LogP contribution in [0.25, 0.3) is 100.0 Å². The van der Waals surface area contributed by atoms with E-state index in [1.807, 2.05) is 0 Å². The van der Waals surface area contributed by atoms with Crippen LogP contribution in [0.4, 0.5) is 0 Å². The molecule has 0 aliphatic heterocycles. The first-order chi connectivity index (χ1) is 29.0. The molecule has 1 aliphatic rings. The van der Waals surface area contributed by atoms with Gasteiger partial charge in [-0.3, -0.25) is 0 Å². The van der Waals surface area contributed by atoms with Crippen LogP contribution in [0.5, 0.6) is 0 Å². The quantitative estimate of drug-likeness (QED) is 0.169. The highest BCUT2D eigenvalue weighted by atomic mass is 14.9. The van der Waals surface area contributed by atoms with E-state index in [-0.39, 0.29) is 5.41 Å². The second kappa shape index (κ2) is 13.9. The normalized spacial score (nSPS) is 12.7. The molecule has 0 N–H and O–H groups in total. The largest absolute Gasteiger partial charge is 0.228 e. The topological polar surface area (TPSA) is 25.8 Å². The van der Waals surface area contributed by atoms with Gasteiger partial charge in [0.1, 0.15) is 0 Å². The first-order valence-electron chi connectivity index (χ1n) is 20.4. The molecule has 11 rings (SSSR count). The highest BCUT2D eigenvalue weighted by Gasteiger charge is 2.37. The number of rotatable bonds is 6. The summed E-state index contributed by atoms with van der Waals surface area (Å²) in [6, 6.07) is 74.3. The highest BCUT2D eigenvalue weighted by molar-refractivity contribution is 6.05. The third-order valence-electron chi connectivity index (χ3n) is 12.3. The lowest BCUT2D eigenvalue weighted by molar-refractivity contribution is 0.666. The van der Waals surface area contributed by atoms with Crippen LogP contribution < -0.4 is 0 Å². The average Bonchev–Trinajstić information content (AvgIpc) is 3.54. The standard InChI is InChI=1S/C57H40N2/c1-57(2)52-35-41(27-28-49(52)50-29-26-39-20-12-13-23-46(39)55(50)57)45-30-31-51(48-25-15-14-24-47(45)48)56-58-53(40-21-10-5-11-22-40)36-54(59-56)44-33-42(37-16-6-3-7-17-37)32-43(34-44)38-18-8-4-9-19-38/h3-36H,1-2H3. The number of benzene rings is 9. The first kappa shape index (κ1) is 34.8. The van der Waals surface area contributed by atoms with E-state index in [0.29, 0.717) is 5.82 Å². The Kier molecular flexibility index (Phi) is 8.20. The van der Waals surface area contributed by atoms with E-state index < -0.39 is 0 Å². The minimum absolute atomic E-state index is 0.141. The molecule has 278 valence electrons. The van der Waals surface area contributed by atoms with Crippen LogP contribution in [0, 0.1) is 0 Å². The Hall–Kier alpha value is -7.42. The molecule has 0 fully saturated rings. The summed E-state index contributed by atoms with van der Waals surface area (Å²) >= 11 is 0. The number of hydrogen-bond donors (Lipinski definition) is 0. The van der Waals surface area contributed by atoms with Crippen molar-refractivity contribution in [2.24, 2.45) is 0 Å². The fourth-order valence-electron chi connectivity index (χ4n) is 9.36. The molecule has 59 heavy (non-hydrogen) atoms. The van der Waals surface area contributed by atoms with Crippen LogP contribution in [0.2, 0.25) is 0 Å². The van der Waals surface area contributed by atoms with Crippen molar-refractivity contribution in [3.63, 3.8) is 0 Å². The predicted molar refractivity (Wildman–Crippen MR) is 247 cm³/mol. The Morgan fingerprint density at radius 2 is 0.814 bits per heavy atom. The molecule has 0 unspecified atom stereocenters. The summed E-state index contributed by atoms with van der Waals surface area (Å²) in [6.45, 7) is 4.75. The first-order valence-corrected chi connectivity index (χ1v) is 20.4. The van der Waals surface area contributed by atoms with Crippen LogP contribution in [0.15, 0.2) is 206 Å². The average molecular weight is 753 g/mol. The molecule has 0 bridgehead atoms. The van der Waals surface area contributed by atoms with Crippen LogP contribution in [-0.2, 0) is 5.41 Å². The second-order valence-electron chi connectivity index (χ2n) is 16.2. The molecule has 1 aromatic heterocycles. The van der Waals surface area contributed by atoms with E-state index >= 15 is 0 Å². The smallest absolute Gasteiger partial charge is 0.161 e. The maximum atomic E-state index is 5.42. The van der Waals surface area contributed by atoms with Crippen LogP contribution >= 0.6 is 0 Å². The zero-order valence-electron chi connectivity index (χ0n) is 33.0. The van der Waals surface area contributed by atoms with E-state index in [4.69, 9.17) is 9.97 Å². The molecule has 2 nitrogen and oxygen atoms in total. The lowest BCUT2D eigenvalue weighted by Crippen LogP contribution is -2.15. The molecular weight excluding hydrogens is 713 g/mol. The summed E-state index contributed by atoms with van der Waals surface area (Å²) in [5.74, 6) is 0.702. The van der Waals surface area contributed by atoms with E-state index in [1.165, 1.54) is 49.5 Å². The molecule has 0 saturated heterocycles. The summed E-state index contributed by atoms with van der Waals surface area (Å²) in [5, 5.41) is 4.92. The van der Waals surface area contributed by atoms with Crippen LogP contribution in [0.3, 0.4) is 0 Å².